The predicted molar refractivity (Wildman–Crippen MR) is 114 cm³/mol. The number of rotatable bonds is 10. The number of carbonyl (C=O) groups excluding carboxylic acids is 1. The Bertz CT molecular complexity index is 1190. The summed E-state index contributed by atoms with van der Waals surface area (Å²) in [4.78, 5) is 39.3. The number of guanidine groups is 1. The lowest BCUT2D eigenvalue weighted by Crippen LogP contribution is -2.36. The van der Waals surface area contributed by atoms with Crippen molar-refractivity contribution in [2.45, 2.75) is 18.4 Å². The number of hydrogen-bond acceptors (Lipinski definition) is 8. The molecule has 0 saturated heterocycles. The summed E-state index contributed by atoms with van der Waals surface area (Å²) < 4.78 is 28.3. The van der Waals surface area contributed by atoms with Gasteiger partial charge in [0, 0.05) is 17.8 Å². The Hall–Kier alpha value is -4.14. The van der Waals surface area contributed by atoms with Crippen LogP contribution in [0.5, 0.6) is 0 Å². The van der Waals surface area contributed by atoms with E-state index in [1.165, 1.54) is 12.1 Å². The Morgan fingerprint density at radius 1 is 1.22 bits per heavy atom. The molecule has 172 valence electrons. The molecule has 0 spiro atoms. The van der Waals surface area contributed by atoms with Gasteiger partial charge < -0.3 is 26.2 Å². The lowest BCUT2D eigenvalue weighted by molar-refractivity contribution is -0.384. The molecule has 0 atom stereocenters. The van der Waals surface area contributed by atoms with Gasteiger partial charge in [0.25, 0.3) is 21.3 Å². The second-order valence-electron chi connectivity index (χ2n) is 6.34. The number of nitrogens with two attached hydrogens (primary N) is 2. The molecule has 0 aliphatic heterocycles. The van der Waals surface area contributed by atoms with Crippen LogP contribution in [-0.2, 0) is 26.2 Å². The van der Waals surface area contributed by atoms with Crippen LogP contribution in [0.1, 0.15) is 5.69 Å². The highest BCUT2D eigenvalue weighted by Gasteiger charge is 2.19. The number of sulfonamides is 1. The van der Waals surface area contributed by atoms with Crippen LogP contribution >= 0.6 is 0 Å². The van der Waals surface area contributed by atoms with Crippen LogP contribution in [0.3, 0.4) is 0 Å². The third-order valence-corrected chi connectivity index (χ3v) is 5.36. The first-order valence-electron chi connectivity index (χ1n) is 8.96. The van der Waals surface area contributed by atoms with Crippen molar-refractivity contribution in [3.05, 3.63) is 62.6 Å². The number of oxime groups is 1. The summed E-state index contributed by atoms with van der Waals surface area (Å²) in [6.07, 6.45) is 0. The molecule has 1 heterocycles. The molecule has 0 aliphatic rings. The van der Waals surface area contributed by atoms with Gasteiger partial charge in [-0.25, -0.2) is 8.42 Å². The molecule has 0 fully saturated rings. The molecule has 14 nitrogen and oxygen atoms in total. The zero-order valence-corrected chi connectivity index (χ0v) is 17.7. The van der Waals surface area contributed by atoms with Crippen LogP contribution < -0.4 is 27.1 Å². The lowest BCUT2D eigenvalue weighted by Gasteiger charge is -2.13. The second kappa shape index (κ2) is 10.3. The first-order chi connectivity index (χ1) is 15.0. The highest BCUT2D eigenvalue weighted by molar-refractivity contribution is 7.92. The minimum atomic E-state index is -4.20. The second-order valence-corrected chi connectivity index (χ2v) is 8.02. The Balaban J connectivity index is 2.13. The molecule has 15 heteroatoms. The van der Waals surface area contributed by atoms with Crippen molar-refractivity contribution >= 4 is 33.3 Å². The van der Waals surface area contributed by atoms with Crippen molar-refractivity contribution in [3.8, 4) is 0 Å². The van der Waals surface area contributed by atoms with E-state index in [1.807, 2.05) is 0 Å². The molecule has 2 aromatic rings. The lowest BCUT2D eigenvalue weighted by atomic mass is 10.3. The Kier molecular flexibility index (Phi) is 7.73. The minimum Gasteiger partial charge on any atom is -0.391 e. The molecular formula is C17H21N7O7S. The fourth-order valence-corrected chi connectivity index (χ4v) is 3.51. The molecule has 0 radical (unpaired) electrons. The zero-order chi connectivity index (χ0) is 23.9. The van der Waals surface area contributed by atoms with E-state index in [0.717, 1.165) is 28.8 Å². The number of nitrogens with one attached hydrogen (secondary N) is 2. The Morgan fingerprint density at radius 2 is 1.88 bits per heavy atom. The summed E-state index contributed by atoms with van der Waals surface area (Å²) in [5, 5.41) is 16.5. The molecule has 1 aromatic carbocycles. The number of amides is 1. The number of aryl methyl sites for hydroxylation is 1. The summed E-state index contributed by atoms with van der Waals surface area (Å²) in [5.41, 5.74) is 9.26. The standard InChI is InChI=1S/C17H21N7O7S/c1-11-2-7-14(22-32(29,30)13-5-3-12(4-6-13)24(27)28)16(26)23(11)10-15(25)20-8-9-31-21-17(18)19/h2-7,22H,8-10H2,1H3,(H,20,25)(H4,18,19,21). The average molecular weight is 467 g/mol. The van der Waals surface area contributed by atoms with Crippen LogP contribution in [-0.4, -0.2) is 42.9 Å². The van der Waals surface area contributed by atoms with Crippen molar-refractivity contribution in [1.82, 2.24) is 9.88 Å². The fourth-order valence-electron chi connectivity index (χ4n) is 2.45. The maximum Gasteiger partial charge on any atom is 0.275 e. The van der Waals surface area contributed by atoms with Gasteiger partial charge in [-0.2, -0.15) is 0 Å². The first kappa shape index (κ1) is 24.1. The van der Waals surface area contributed by atoms with E-state index in [9.17, 15) is 28.1 Å². The van der Waals surface area contributed by atoms with Gasteiger partial charge in [0.2, 0.25) is 11.9 Å². The number of nitro benzene ring substituents is 1. The monoisotopic (exact) mass is 467 g/mol. The van der Waals surface area contributed by atoms with Crippen molar-refractivity contribution in [2.75, 3.05) is 17.9 Å². The molecule has 2 rings (SSSR count). The normalized spacial score (nSPS) is 10.8. The van der Waals surface area contributed by atoms with Crippen LogP contribution in [0, 0.1) is 17.0 Å². The van der Waals surface area contributed by atoms with Crippen molar-refractivity contribution in [2.24, 2.45) is 16.6 Å². The number of non-ortho nitro benzene ring substituents is 1. The van der Waals surface area contributed by atoms with E-state index < -0.39 is 26.4 Å². The highest BCUT2D eigenvalue weighted by Crippen LogP contribution is 2.18. The van der Waals surface area contributed by atoms with E-state index in [1.54, 1.807) is 6.92 Å². The van der Waals surface area contributed by atoms with Crippen LogP contribution in [0.4, 0.5) is 11.4 Å². The number of nitro groups is 1. The molecule has 6 N–H and O–H groups in total. The predicted octanol–water partition coefficient (Wildman–Crippen LogP) is -0.813. The van der Waals surface area contributed by atoms with Gasteiger partial charge in [-0.3, -0.25) is 24.4 Å². The third kappa shape index (κ3) is 6.43. The maximum atomic E-state index is 12.7. The van der Waals surface area contributed by atoms with Gasteiger partial charge in [0.15, 0.2) is 0 Å². The molecule has 0 saturated carbocycles. The minimum absolute atomic E-state index is 0.00734. The number of anilines is 1. The van der Waals surface area contributed by atoms with Gasteiger partial charge in [0.05, 0.1) is 16.4 Å². The third-order valence-electron chi connectivity index (χ3n) is 3.98. The largest absolute Gasteiger partial charge is 0.391 e. The Morgan fingerprint density at radius 3 is 2.47 bits per heavy atom. The number of pyridine rings is 1. The molecular weight excluding hydrogens is 446 g/mol. The number of aromatic nitrogens is 1. The highest BCUT2D eigenvalue weighted by atomic mass is 32.2. The Labute approximate surface area is 182 Å². The zero-order valence-electron chi connectivity index (χ0n) is 16.8. The molecule has 0 aliphatic carbocycles. The smallest absolute Gasteiger partial charge is 0.275 e. The van der Waals surface area contributed by atoms with Crippen LogP contribution in [0.2, 0.25) is 0 Å². The summed E-state index contributed by atoms with van der Waals surface area (Å²) in [5.74, 6) is -0.801. The molecule has 1 amide bonds. The van der Waals surface area contributed by atoms with Crippen molar-refractivity contribution < 1.29 is 23.0 Å². The quantitative estimate of drug-likeness (QED) is 0.113. The maximum absolute atomic E-state index is 12.7. The SMILES string of the molecule is Cc1ccc(NS(=O)(=O)c2ccc([N+](=O)[O-])cc2)c(=O)n1CC(=O)NCCON=C(N)N. The topological polar surface area (TPSA) is 214 Å². The number of nitrogens with zero attached hydrogens (tertiary/aromatic N) is 3. The van der Waals surface area contributed by atoms with Crippen molar-refractivity contribution in [3.63, 3.8) is 0 Å². The van der Waals surface area contributed by atoms with Gasteiger partial charge in [-0.1, -0.05) is 0 Å². The van der Waals surface area contributed by atoms with E-state index in [0.29, 0.717) is 5.69 Å². The molecule has 1 aromatic heterocycles. The number of carbonyl (C=O) groups is 1. The van der Waals surface area contributed by atoms with E-state index >= 15 is 0 Å². The van der Waals surface area contributed by atoms with Crippen molar-refractivity contribution in [1.29, 1.82) is 0 Å². The van der Waals surface area contributed by atoms with Gasteiger partial charge in [-0.15, -0.1) is 0 Å². The molecule has 32 heavy (non-hydrogen) atoms. The molecule has 0 unspecified atom stereocenters. The fraction of sp³-hybridized carbons (Fsp3) is 0.235. The number of hydrogen-bond donors (Lipinski definition) is 4. The van der Waals surface area contributed by atoms with Crippen LogP contribution in [0.15, 0.2) is 51.2 Å². The van der Waals surface area contributed by atoms with E-state index in [4.69, 9.17) is 16.3 Å². The van der Waals surface area contributed by atoms with Gasteiger partial charge in [0.1, 0.15) is 18.8 Å². The van der Waals surface area contributed by atoms with Crippen LogP contribution in [0.25, 0.3) is 0 Å². The van der Waals surface area contributed by atoms with Gasteiger partial charge in [-0.05, 0) is 36.3 Å². The van der Waals surface area contributed by atoms with Gasteiger partial charge >= 0.3 is 0 Å². The average Bonchev–Trinajstić information content (AvgIpc) is 2.72. The first-order valence-corrected chi connectivity index (χ1v) is 10.4. The summed E-state index contributed by atoms with van der Waals surface area (Å²) in [6.45, 7) is 1.26. The molecule has 0 bridgehead atoms. The summed E-state index contributed by atoms with van der Waals surface area (Å²) in [6, 6.07) is 6.88. The number of benzene rings is 1. The van der Waals surface area contributed by atoms with E-state index in [-0.39, 0.29) is 41.9 Å². The summed E-state index contributed by atoms with van der Waals surface area (Å²) >= 11 is 0. The van der Waals surface area contributed by atoms with E-state index in [2.05, 4.69) is 15.2 Å². The summed E-state index contributed by atoms with van der Waals surface area (Å²) in [7, 11) is -4.20.